The van der Waals surface area contributed by atoms with Crippen LogP contribution in [0.5, 0.6) is 0 Å². The molecule has 1 aromatic heterocycles. The van der Waals surface area contributed by atoms with Gasteiger partial charge in [0, 0.05) is 51.5 Å². The van der Waals surface area contributed by atoms with Crippen LogP contribution < -0.4 is 10.6 Å². The summed E-state index contributed by atoms with van der Waals surface area (Å²) in [6, 6.07) is 0.0311. The zero-order chi connectivity index (χ0) is 15.1. The highest BCUT2D eigenvalue weighted by molar-refractivity contribution is 5.75. The minimum atomic E-state index is -0.0457. The monoisotopic (exact) mass is 293 g/mol. The molecule has 1 aliphatic rings. The lowest BCUT2D eigenvalue weighted by molar-refractivity contribution is -0.119. The van der Waals surface area contributed by atoms with Crippen LogP contribution in [-0.4, -0.2) is 52.1 Å². The summed E-state index contributed by atoms with van der Waals surface area (Å²) in [5.41, 5.74) is 0. The Morgan fingerprint density at radius 3 is 3.00 bits per heavy atom. The molecule has 7 nitrogen and oxygen atoms in total. The van der Waals surface area contributed by atoms with Gasteiger partial charge in [0.25, 0.3) is 0 Å². The molecule has 116 valence electrons. The number of aryl methyl sites for hydroxylation is 1. The Morgan fingerprint density at radius 2 is 2.29 bits per heavy atom. The molecule has 0 spiro atoms. The molecule has 0 radical (unpaired) electrons. The van der Waals surface area contributed by atoms with Crippen molar-refractivity contribution in [3.05, 3.63) is 18.7 Å². The summed E-state index contributed by atoms with van der Waals surface area (Å²) >= 11 is 0. The number of piperidine rings is 1. The van der Waals surface area contributed by atoms with E-state index in [-0.39, 0.29) is 18.0 Å². The standard InChI is InChI=1S/C14H23N5O2/c1-12(20)17-13-4-2-8-19(10-13)14(21)16-5-3-7-18-9-6-15-11-18/h6,9,11,13H,2-5,7-8,10H2,1H3,(H,16,21)(H,17,20). The smallest absolute Gasteiger partial charge is 0.317 e. The Balaban J connectivity index is 1.66. The predicted molar refractivity (Wildman–Crippen MR) is 78.7 cm³/mol. The van der Waals surface area contributed by atoms with Gasteiger partial charge in [0.05, 0.1) is 6.33 Å². The van der Waals surface area contributed by atoms with Gasteiger partial charge in [-0.2, -0.15) is 0 Å². The third-order valence-corrected chi connectivity index (χ3v) is 3.54. The molecular formula is C14H23N5O2. The Hall–Kier alpha value is -2.05. The lowest BCUT2D eigenvalue weighted by atomic mass is 10.1. The maximum Gasteiger partial charge on any atom is 0.317 e. The molecule has 1 aromatic rings. The van der Waals surface area contributed by atoms with Gasteiger partial charge in [-0.15, -0.1) is 0 Å². The van der Waals surface area contributed by atoms with Crippen molar-refractivity contribution in [3.63, 3.8) is 0 Å². The normalized spacial score (nSPS) is 18.3. The average molecular weight is 293 g/mol. The van der Waals surface area contributed by atoms with Crippen molar-refractivity contribution in [2.75, 3.05) is 19.6 Å². The first-order valence-electron chi connectivity index (χ1n) is 7.41. The number of aromatic nitrogens is 2. The van der Waals surface area contributed by atoms with Gasteiger partial charge in [-0.1, -0.05) is 0 Å². The van der Waals surface area contributed by atoms with E-state index in [1.54, 1.807) is 17.4 Å². The number of urea groups is 1. The summed E-state index contributed by atoms with van der Waals surface area (Å²) < 4.78 is 1.99. The molecule has 1 atom stereocenters. The highest BCUT2D eigenvalue weighted by atomic mass is 16.2. The third kappa shape index (κ3) is 5.09. The maximum atomic E-state index is 12.1. The van der Waals surface area contributed by atoms with Crippen molar-refractivity contribution in [1.82, 2.24) is 25.1 Å². The number of hydrogen-bond donors (Lipinski definition) is 2. The zero-order valence-corrected chi connectivity index (χ0v) is 12.4. The first-order chi connectivity index (χ1) is 10.1. The van der Waals surface area contributed by atoms with Gasteiger partial charge in [0.2, 0.25) is 5.91 Å². The van der Waals surface area contributed by atoms with Crippen LogP contribution in [0.4, 0.5) is 4.79 Å². The van der Waals surface area contributed by atoms with E-state index in [4.69, 9.17) is 0 Å². The molecular weight excluding hydrogens is 270 g/mol. The SMILES string of the molecule is CC(=O)NC1CCCN(C(=O)NCCCn2ccnc2)C1. The minimum absolute atomic E-state index is 0.0393. The number of carbonyl (C=O) groups is 2. The fraction of sp³-hybridized carbons (Fsp3) is 0.643. The lowest BCUT2D eigenvalue weighted by Crippen LogP contribution is -2.52. The number of nitrogens with zero attached hydrogens (tertiary/aromatic N) is 3. The molecule has 1 unspecified atom stereocenters. The molecule has 2 heterocycles. The van der Waals surface area contributed by atoms with E-state index in [1.165, 1.54) is 6.92 Å². The second-order valence-electron chi connectivity index (χ2n) is 5.37. The molecule has 7 heteroatoms. The average Bonchev–Trinajstić information content (AvgIpc) is 2.96. The van der Waals surface area contributed by atoms with Crippen molar-refractivity contribution >= 4 is 11.9 Å². The van der Waals surface area contributed by atoms with Crippen LogP contribution in [0.15, 0.2) is 18.7 Å². The van der Waals surface area contributed by atoms with Gasteiger partial charge < -0.3 is 20.1 Å². The highest BCUT2D eigenvalue weighted by Gasteiger charge is 2.23. The molecule has 2 rings (SSSR count). The largest absolute Gasteiger partial charge is 0.352 e. The second kappa shape index (κ2) is 7.66. The fourth-order valence-corrected chi connectivity index (χ4v) is 2.55. The number of hydrogen-bond acceptors (Lipinski definition) is 3. The van der Waals surface area contributed by atoms with Crippen LogP contribution in [-0.2, 0) is 11.3 Å². The molecule has 0 aromatic carbocycles. The molecule has 0 bridgehead atoms. The van der Waals surface area contributed by atoms with Gasteiger partial charge in [-0.05, 0) is 19.3 Å². The quantitative estimate of drug-likeness (QED) is 0.780. The van der Waals surface area contributed by atoms with Gasteiger partial charge in [0.1, 0.15) is 0 Å². The van der Waals surface area contributed by atoms with E-state index in [0.29, 0.717) is 13.1 Å². The number of imidazole rings is 1. The molecule has 21 heavy (non-hydrogen) atoms. The summed E-state index contributed by atoms with van der Waals surface area (Å²) in [6.07, 6.45) is 8.14. The Bertz CT molecular complexity index is 460. The van der Waals surface area contributed by atoms with Gasteiger partial charge in [-0.3, -0.25) is 4.79 Å². The van der Waals surface area contributed by atoms with E-state index in [9.17, 15) is 9.59 Å². The summed E-state index contributed by atoms with van der Waals surface area (Å²) in [4.78, 5) is 28.9. The molecule has 0 saturated carbocycles. The second-order valence-corrected chi connectivity index (χ2v) is 5.37. The van der Waals surface area contributed by atoms with E-state index >= 15 is 0 Å². The number of nitrogens with one attached hydrogen (secondary N) is 2. The predicted octanol–water partition coefficient (Wildman–Crippen LogP) is 0.583. The van der Waals surface area contributed by atoms with E-state index < -0.39 is 0 Å². The van der Waals surface area contributed by atoms with Crippen molar-refractivity contribution in [2.45, 2.75) is 38.8 Å². The molecule has 0 aliphatic carbocycles. The zero-order valence-electron chi connectivity index (χ0n) is 12.4. The number of likely N-dealkylation sites (tertiary alicyclic amines) is 1. The van der Waals surface area contributed by atoms with E-state index in [0.717, 1.165) is 32.4 Å². The molecule has 2 N–H and O–H groups in total. The molecule has 1 fully saturated rings. The molecule has 1 saturated heterocycles. The van der Waals surface area contributed by atoms with Crippen LogP contribution in [0.25, 0.3) is 0 Å². The Kier molecular flexibility index (Phi) is 5.59. The number of carbonyl (C=O) groups excluding carboxylic acids is 2. The minimum Gasteiger partial charge on any atom is -0.352 e. The number of amides is 3. The fourth-order valence-electron chi connectivity index (χ4n) is 2.55. The van der Waals surface area contributed by atoms with Crippen molar-refractivity contribution < 1.29 is 9.59 Å². The van der Waals surface area contributed by atoms with Gasteiger partial charge in [-0.25, -0.2) is 9.78 Å². The van der Waals surface area contributed by atoms with Crippen LogP contribution >= 0.6 is 0 Å². The first kappa shape index (κ1) is 15.3. The van der Waals surface area contributed by atoms with Crippen molar-refractivity contribution in [2.24, 2.45) is 0 Å². The van der Waals surface area contributed by atoms with E-state index in [1.807, 2.05) is 10.8 Å². The summed E-state index contributed by atoms with van der Waals surface area (Å²) in [5, 5.41) is 5.81. The van der Waals surface area contributed by atoms with Gasteiger partial charge >= 0.3 is 6.03 Å². The summed E-state index contributed by atoms with van der Waals surface area (Å²) in [7, 11) is 0. The van der Waals surface area contributed by atoms with E-state index in [2.05, 4.69) is 15.6 Å². The Morgan fingerprint density at radius 1 is 1.43 bits per heavy atom. The summed E-state index contributed by atoms with van der Waals surface area (Å²) in [6.45, 7) is 4.33. The van der Waals surface area contributed by atoms with Crippen LogP contribution in [0, 0.1) is 0 Å². The molecule has 3 amide bonds. The van der Waals surface area contributed by atoms with Crippen molar-refractivity contribution in [3.8, 4) is 0 Å². The number of rotatable bonds is 5. The topological polar surface area (TPSA) is 79.3 Å². The Labute approximate surface area is 124 Å². The van der Waals surface area contributed by atoms with Gasteiger partial charge in [0.15, 0.2) is 0 Å². The van der Waals surface area contributed by atoms with Crippen LogP contribution in [0.3, 0.4) is 0 Å². The van der Waals surface area contributed by atoms with Crippen LogP contribution in [0.1, 0.15) is 26.2 Å². The first-order valence-corrected chi connectivity index (χ1v) is 7.41. The van der Waals surface area contributed by atoms with Crippen molar-refractivity contribution in [1.29, 1.82) is 0 Å². The maximum absolute atomic E-state index is 12.1. The third-order valence-electron chi connectivity index (χ3n) is 3.54. The van der Waals surface area contributed by atoms with Crippen LogP contribution in [0.2, 0.25) is 0 Å². The molecule has 1 aliphatic heterocycles. The lowest BCUT2D eigenvalue weighted by Gasteiger charge is -2.33. The highest BCUT2D eigenvalue weighted by Crippen LogP contribution is 2.10. The summed E-state index contributed by atoms with van der Waals surface area (Å²) in [5.74, 6) is -0.0393.